The highest BCUT2D eigenvalue weighted by Crippen LogP contribution is 2.16. The number of aromatic nitrogens is 1. The van der Waals surface area contributed by atoms with E-state index in [0.29, 0.717) is 23.4 Å². The third-order valence-corrected chi connectivity index (χ3v) is 4.21. The van der Waals surface area contributed by atoms with Gasteiger partial charge in [0, 0.05) is 23.5 Å². The number of carbonyl (C=O) groups is 1. The Morgan fingerprint density at radius 3 is 2.23 bits per heavy atom. The average Bonchev–Trinajstić information content (AvgIpc) is 2.71. The van der Waals surface area contributed by atoms with E-state index < -0.39 is 12.8 Å². The van der Waals surface area contributed by atoms with Crippen LogP contribution in [0.5, 0.6) is 0 Å². The van der Waals surface area contributed by atoms with E-state index in [1.54, 1.807) is 47.2 Å². The van der Waals surface area contributed by atoms with Crippen molar-refractivity contribution in [2.24, 2.45) is 0 Å². The zero-order valence-electron chi connectivity index (χ0n) is 15.9. The summed E-state index contributed by atoms with van der Waals surface area (Å²) in [4.78, 5) is 24.1. The maximum absolute atomic E-state index is 12.4. The zero-order chi connectivity index (χ0) is 21.6. The molecule has 0 saturated carbocycles. The highest BCUT2D eigenvalue weighted by molar-refractivity contribution is 6.04. The smallest absolute Gasteiger partial charge is 0.367 e. The van der Waals surface area contributed by atoms with Crippen LogP contribution in [0.4, 0.5) is 18.9 Å². The van der Waals surface area contributed by atoms with Gasteiger partial charge in [-0.2, -0.15) is 13.2 Å². The van der Waals surface area contributed by atoms with Crippen molar-refractivity contribution in [3.8, 4) is 0 Å². The second-order valence-corrected chi connectivity index (χ2v) is 6.62. The van der Waals surface area contributed by atoms with E-state index in [4.69, 9.17) is 0 Å². The summed E-state index contributed by atoms with van der Waals surface area (Å²) in [7, 11) is 0. The third kappa shape index (κ3) is 6.31. The highest BCUT2D eigenvalue weighted by Gasteiger charge is 2.27. The normalized spacial score (nSPS) is 11.3. The minimum atomic E-state index is -4.37. The number of hydrogen-bond acceptors (Lipinski definition) is 3. The van der Waals surface area contributed by atoms with E-state index in [-0.39, 0.29) is 18.1 Å². The van der Waals surface area contributed by atoms with Crippen LogP contribution in [0.3, 0.4) is 0 Å². The van der Waals surface area contributed by atoms with E-state index in [0.717, 1.165) is 5.56 Å². The number of benzene rings is 2. The summed E-state index contributed by atoms with van der Waals surface area (Å²) in [5, 5.41) is 2.76. The molecule has 0 unspecified atom stereocenters. The number of nitrogens with zero attached hydrogens (tertiary/aromatic N) is 1. The average molecular weight is 416 g/mol. The first-order valence-corrected chi connectivity index (χ1v) is 9.09. The number of halogens is 3. The lowest BCUT2D eigenvalue weighted by Gasteiger charge is -2.09. The molecule has 0 fully saturated rings. The van der Waals surface area contributed by atoms with E-state index in [1.807, 2.05) is 12.1 Å². The van der Waals surface area contributed by atoms with Gasteiger partial charge in [0.15, 0.2) is 0 Å². The molecule has 0 spiro atoms. The van der Waals surface area contributed by atoms with Crippen molar-refractivity contribution in [3.63, 3.8) is 0 Å². The van der Waals surface area contributed by atoms with Crippen LogP contribution >= 0.6 is 0 Å². The Hall–Kier alpha value is -3.39. The molecule has 5 nitrogen and oxygen atoms in total. The van der Waals surface area contributed by atoms with Crippen LogP contribution in [0.25, 0.3) is 0 Å². The Kier molecular flexibility index (Phi) is 6.68. The number of pyridine rings is 1. The molecule has 0 bridgehead atoms. The Morgan fingerprint density at radius 2 is 1.60 bits per heavy atom. The fourth-order valence-electron chi connectivity index (χ4n) is 2.72. The van der Waals surface area contributed by atoms with Crippen molar-refractivity contribution in [1.29, 1.82) is 0 Å². The quantitative estimate of drug-likeness (QED) is 0.627. The van der Waals surface area contributed by atoms with Gasteiger partial charge in [0.1, 0.15) is 6.61 Å². The minimum Gasteiger partial charge on any atom is -0.367 e. The number of nitrogens with one attached hydrogen (secondary N) is 1. The Bertz CT molecular complexity index is 1040. The standard InChI is InChI=1S/C22H19F3N2O3/c23-22(24,25)15-30-14-17-4-8-18(9-5-17)21(29)26-19-10-6-16(7-11-19)13-27-12-2-1-3-20(27)28/h1-12H,13-15H2,(H,26,29). The molecule has 8 heteroatoms. The van der Waals surface area contributed by atoms with Crippen LogP contribution in [0.15, 0.2) is 77.7 Å². The van der Waals surface area contributed by atoms with Crippen molar-refractivity contribution in [3.05, 3.63) is 100.0 Å². The molecule has 1 heterocycles. The fourth-order valence-corrected chi connectivity index (χ4v) is 2.72. The first-order valence-electron chi connectivity index (χ1n) is 9.09. The van der Waals surface area contributed by atoms with Crippen LogP contribution in [0, 0.1) is 0 Å². The topological polar surface area (TPSA) is 60.3 Å². The number of ether oxygens (including phenoxy) is 1. The van der Waals surface area contributed by atoms with Crippen molar-refractivity contribution in [1.82, 2.24) is 4.57 Å². The minimum absolute atomic E-state index is 0.0952. The van der Waals surface area contributed by atoms with Gasteiger partial charge in [0.05, 0.1) is 13.2 Å². The van der Waals surface area contributed by atoms with Crippen LogP contribution < -0.4 is 10.9 Å². The molecule has 3 aromatic rings. The molecule has 0 aliphatic rings. The second-order valence-electron chi connectivity index (χ2n) is 6.62. The number of rotatable bonds is 7. The van der Waals surface area contributed by atoms with Crippen molar-refractivity contribution >= 4 is 11.6 Å². The first kappa shape index (κ1) is 21.3. The Morgan fingerprint density at radius 1 is 0.933 bits per heavy atom. The lowest BCUT2D eigenvalue weighted by molar-refractivity contribution is -0.176. The number of anilines is 1. The van der Waals surface area contributed by atoms with Gasteiger partial charge in [-0.15, -0.1) is 0 Å². The maximum atomic E-state index is 12.4. The Labute approximate surface area is 170 Å². The summed E-state index contributed by atoms with van der Waals surface area (Å²) in [5.41, 5.74) is 2.30. The molecule has 2 aromatic carbocycles. The van der Waals surface area contributed by atoms with Gasteiger partial charge in [0.25, 0.3) is 11.5 Å². The molecule has 3 rings (SSSR count). The van der Waals surface area contributed by atoms with Crippen molar-refractivity contribution < 1.29 is 22.7 Å². The predicted octanol–water partition coefficient (Wildman–Crippen LogP) is 4.23. The summed E-state index contributed by atoms with van der Waals surface area (Å²) >= 11 is 0. The number of carbonyl (C=O) groups excluding carboxylic acids is 1. The molecule has 0 atom stereocenters. The van der Waals surface area contributed by atoms with E-state index in [9.17, 15) is 22.8 Å². The fraction of sp³-hybridized carbons (Fsp3) is 0.182. The van der Waals surface area contributed by atoms with Crippen molar-refractivity contribution in [2.45, 2.75) is 19.3 Å². The molecule has 0 radical (unpaired) electrons. The van der Waals surface area contributed by atoms with Gasteiger partial charge in [0.2, 0.25) is 0 Å². The van der Waals surface area contributed by atoms with Crippen LogP contribution in [0.2, 0.25) is 0 Å². The number of hydrogen-bond donors (Lipinski definition) is 1. The first-order chi connectivity index (χ1) is 14.3. The summed E-state index contributed by atoms with van der Waals surface area (Å²) in [6.45, 7) is -1.08. The summed E-state index contributed by atoms with van der Waals surface area (Å²) in [6.07, 6.45) is -2.66. The highest BCUT2D eigenvalue weighted by atomic mass is 19.4. The van der Waals surface area contributed by atoms with Crippen LogP contribution in [-0.4, -0.2) is 23.3 Å². The van der Waals surface area contributed by atoms with Gasteiger partial charge in [-0.1, -0.05) is 30.3 Å². The van der Waals surface area contributed by atoms with E-state index >= 15 is 0 Å². The van der Waals surface area contributed by atoms with E-state index in [2.05, 4.69) is 10.1 Å². The molecule has 0 aliphatic heterocycles. The predicted molar refractivity (Wildman–Crippen MR) is 106 cm³/mol. The molecule has 1 amide bonds. The molecular formula is C22H19F3N2O3. The van der Waals surface area contributed by atoms with Gasteiger partial charge >= 0.3 is 6.18 Å². The summed E-state index contributed by atoms with van der Waals surface area (Å²) in [6, 6.07) is 18.2. The molecule has 1 aromatic heterocycles. The molecular weight excluding hydrogens is 397 g/mol. The van der Waals surface area contributed by atoms with E-state index in [1.165, 1.54) is 18.2 Å². The van der Waals surface area contributed by atoms with Gasteiger partial charge in [-0.05, 0) is 41.5 Å². The molecule has 156 valence electrons. The van der Waals surface area contributed by atoms with Gasteiger partial charge in [-0.25, -0.2) is 0 Å². The SMILES string of the molecule is O=C(Nc1ccc(Cn2ccccc2=O)cc1)c1ccc(COCC(F)(F)F)cc1. The lowest BCUT2D eigenvalue weighted by atomic mass is 10.1. The maximum Gasteiger partial charge on any atom is 0.411 e. The number of alkyl halides is 3. The summed E-state index contributed by atoms with van der Waals surface area (Å²) in [5.74, 6) is -0.343. The zero-order valence-corrected chi connectivity index (χ0v) is 15.9. The number of amides is 1. The molecule has 0 aliphatic carbocycles. The largest absolute Gasteiger partial charge is 0.411 e. The lowest BCUT2D eigenvalue weighted by Crippen LogP contribution is -2.18. The van der Waals surface area contributed by atoms with Crippen LogP contribution in [0.1, 0.15) is 21.5 Å². The monoisotopic (exact) mass is 416 g/mol. The summed E-state index contributed by atoms with van der Waals surface area (Å²) < 4.78 is 42.5. The third-order valence-electron chi connectivity index (χ3n) is 4.21. The molecule has 1 N–H and O–H groups in total. The molecule has 0 saturated heterocycles. The Balaban J connectivity index is 1.55. The van der Waals surface area contributed by atoms with Gasteiger partial charge < -0.3 is 14.6 Å². The van der Waals surface area contributed by atoms with Crippen LogP contribution in [-0.2, 0) is 17.9 Å². The van der Waals surface area contributed by atoms with Crippen molar-refractivity contribution in [2.75, 3.05) is 11.9 Å². The molecule has 30 heavy (non-hydrogen) atoms. The second kappa shape index (κ2) is 9.41. The van der Waals surface area contributed by atoms with Gasteiger partial charge in [-0.3, -0.25) is 9.59 Å².